The molecule has 11 nitrogen and oxygen atoms in total. The maximum absolute atomic E-state index is 11.6. The lowest BCUT2D eigenvalue weighted by molar-refractivity contribution is -0.139. The van der Waals surface area contributed by atoms with Crippen molar-refractivity contribution < 1.29 is 37.8 Å². The number of carbonyl (C=O) groups excluding carboxylic acids is 2. The van der Waals surface area contributed by atoms with Crippen molar-refractivity contribution in [3.63, 3.8) is 0 Å². The van der Waals surface area contributed by atoms with E-state index in [0.717, 1.165) is 0 Å². The lowest BCUT2D eigenvalue weighted by Gasteiger charge is -2.16. The molecule has 0 aromatic rings. The molecule has 6 N–H and O–H groups in total. The molecule has 0 aliphatic rings. The third kappa shape index (κ3) is 8.86. The van der Waals surface area contributed by atoms with Gasteiger partial charge in [0.15, 0.2) is 0 Å². The summed E-state index contributed by atoms with van der Waals surface area (Å²) >= 11 is 0. The molecule has 0 aliphatic heterocycles. The van der Waals surface area contributed by atoms with E-state index in [1.807, 2.05) is 5.32 Å². The van der Waals surface area contributed by atoms with E-state index < -0.39 is 58.8 Å². The Balaban J connectivity index is 4.57. The van der Waals surface area contributed by atoms with Crippen LogP contribution in [-0.2, 0) is 29.9 Å². The van der Waals surface area contributed by atoms with E-state index in [0.29, 0.717) is 0 Å². The van der Waals surface area contributed by atoms with E-state index in [2.05, 4.69) is 5.32 Å². The van der Waals surface area contributed by atoms with Crippen LogP contribution in [0.2, 0.25) is 0 Å². The van der Waals surface area contributed by atoms with Crippen molar-refractivity contribution in [2.75, 3.05) is 12.3 Å². The number of hydrogen-bond donors (Lipinski definition) is 6. The molecule has 0 radical (unpaired) electrons. The quantitative estimate of drug-likeness (QED) is 0.219. The second kappa shape index (κ2) is 9.68. The van der Waals surface area contributed by atoms with Crippen molar-refractivity contribution >= 4 is 34.5 Å². The van der Waals surface area contributed by atoms with Crippen molar-refractivity contribution in [1.29, 1.82) is 0 Å². The van der Waals surface area contributed by atoms with Crippen LogP contribution in [0.25, 0.3) is 0 Å². The van der Waals surface area contributed by atoms with Gasteiger partial charge in [-0.1, -0.05) is 0 Å². The van der Waals surface area contributed by atoms with Gasteiger partial charge in [0.2, 0.25) is 11.8 Å². The van der Waals surface area contributed by atoms with Gasteiger partial charge in [-0.05, 0) is 6.42 Å². The number of aliphatic carboxylic acids is 2. The highest BCUT2D eigenvalue weighted by Crippen LogP contribution is 1.96. The lowest BCUT2D eigenvalue weighted by atomic mass is 10.1. The molecule has 2 atom stereocenters. The van der Waals surface area contributed by atoms with Crippen molar-refractivity contribution in [2.45, 2.75) is 24.9 Å². The Hall–Kier alpha value is -2.21. The molecule has 2 unspecified atom stereocenters. The van der Waals surface area contributed by atoms with Gasteiger partial charge < -0.3 is 26.6 Å². The van der Waals surface area contributed by atoms with E-state index in [9.17, 15) is 27.6 Å². The molecule has 22 heavy (non-hydrogen) atoms. The van der Waals surface area contributed by atoms with Gasteiger partial charge in [0.05, 0.1) is 5.75 Å². The number of rotatable bonds is 10. The number of nitrogens with two attached hydrogens (primary N) is 1. The molecule has 0 spiro atoms. The maximum Gasteiger partial charge on any atom is 0.322 e. The Morgan fingerprint density at radius 1 is 1.14 bits per heavy atom. The summed E-state index contributed by atoms with van der Waals surface area (Å²) in [5, 5.41) is 21.0. The summed E-state index contributed by atoms with van der Waals surface area (Å²) < 4.78 is 21.4. The molecule has 2 amide bonds. The largest absolute Gasteiger partial charge is 0.480 e. The summed E-state index contributed by atoms with van der Waals surface area (Å²) in [6, 6.07) is -2.73. The number of amides is 2. The minimum absolute atomic E-state index is 0.200. The van der Waals surface area contributed by atoms with Gasteiger partial charge in [0, 0.05) is 6.42 Å². The molecule has 0 bridgehead atoms. The topological polar surface area (TPSA) is 193 Å². The molecule has 0 fully saturated rings. The summed E-state index contributed by atoms with van der Waals surface area (Å²) in [5.74, 6) is -5.10. The van der Waals surface area contributed by atoms with Crippen LogP contribution < -0.4 is 16.4 Å². The van der Waals surface area contributed by atoms with Gasteiger partial charge in [-0.3, -0.25) is 19.2 Å². The SMILES string of the molecule is NC(CCC(=O)NC(C[SH](=O)=O)C(=O)NCC(=O)O)C(=O)O. The van der Waals surface area contributed by atoms with Crippen LogP contribution in [0, 0.1) is 0 Å². The first-order valence-corrected chi connectivity index (χ1v) is 7.38. The van der Waals surface area contributed by atoms with Gasteiger partial charge in [0.25, 0.3) is 0 Å². The summed E-state index contributed by atoms with van der Waals surface area (Å²) in [4.78, 5) is 43.9. The minimum Gasteiger partial charge on any atom is -0.480 e. The zero-order valence-electron chi connectivity index (χ0n) is 11.4. The average Bonchev–Trinajstić information content (AvgIpc) is 2.40. The number of carboxylic acids is 2. The fraction of sp³-hybridized carbons (Fsp3) is 0.600. The zero-order chi connectivity index (χ0) is 17.3. The van der Waals surface area contributed by atoms with Gasteiger partial charge >= 0.3 is 11.9 Å². The summed E-state index contributed by atoms with van der Waals surface area (Å²) in [6.45, 7) is -0.731. The van der Waals surface area contributed by atoms with Crippen LogP contribution >= 0.6 is 0 Å². The van der Waals surface area contributed by atoms with Crippen molar-refractivity contribution in [1.82, 2.24) is 10.6 Å². The van der Waals surface area contributed by atoms with Gasteiger partial charge in [0.1, 0.15) is 29.3 Å². The zero-order valence-corrected chi connectivity index (χ0v) is 12.2. The normalized spacial score (nSPS) is 13.2. The monoisotopic (exact) mass is 339 g/mol. The standard InChI is InChI=1S/C10H17N3O8S/c11-5(10(18)19)1-2-7(14)13-6(4-22(20)21)9(17)12-3-8(15)16/h5-6,22H,1-4,11H2,(H,12,17)(H,13,14)(H,15,16)(H,18,19). The van der Waals surface area contributed by atoms with E-state index in [1.54, 1.807) is 0 Å². The van der Waals surface area contributed by atoms with Crippen LogP contribution in [0.4, 0.5) is 0 Å². The Morgan fingerprint density at radius 3 is 2.18 bits per heavy atom. The highest BCUT2D eigenvalue weighted by Gasteiger charge is 2.23. The molecule has 126 valence electrons. The molecule has 0 saturated carbocycles. The number of hydrogen-bond acceptors (Lipinski definition) is 7. The van der Waals surface area contributed by atoms with Crippen LogP contribution in [0.15, 0.2) is 0 Å². The van der Waals surface area contributed by atoms with Crippen molar-refractivity contribution in [3.05, 3.63) is 0 Å². The molecule has 0 aromatic heterocycles. The predicted octanol–water partition coefficient (Wildman–Crippen LogP) is -3.52. The van der Waals surface area contributed by atoms with Gasteiger partial charge in [-0.25, -0.2) is 8.42 Å². The minimum atomic E-state index is -3.00. The molecule has 0 rings (SSSR count). The van der Waals surface area contributed by atoms with E-state index in [-0.39, 0.29) is 12.8 Å². The summed E-state index contributed by atoms with van der Waals surface area (Å²) in [5.41, 5.74) is 5.20. The number of carboxylic acid groups (broad SMARTS) is 2. The van der Waals surface area contributed by atoms with Gasteiger partial charge in [-0.2, -0.15) is 0 Å². The van der Waals surface area contributed by atoms with Gasteiger partial charge in [-0.15, -0.1) is 0 Å². The van der Waals surface area contributed by atoms with Crippen LogP contribution in [0.1, 0.15) is 12.8 Å². The molecule has 0 aliphatic carbocycles. The van der Waals surface area contributed by atoms with E-state index in [1.165, 1.54) is 0 Å². The molecule has 0 aromatic carbocycles. The fourth-order valence-corrected chi connectivity index (χ4v) is 1.86. The average molecular weight is 339 g/mol. The highest BCUT2D eigenvalue weighted by atomic mass is 32.2. The third-order valence-corrected chi connectivity index (χ3v) is 3.06. The molecule has 12 heteroatoms. The second-order valence-electron chi connectivity index (χ2n) is 4.23. The first-order valence-electron chi connectivity index (χ1n) is 6.02. The van der Waals surface area contributed by atoms with Crippen molar-refractivity contribution in [2.24, 2.45) is 5.73 Å². The summed E-state index contributed by atoms with van der Waals surface area (Å²) in [7, 11) is -3.00. The van der Waals surface area contributed by atoms with E-state index in [4.69, 9.17) is 15.9 Å². The van der Waals surface area contributed by atoms with E-state index >= 15 is 0 Å². The summed E-state index contributed by atoms with van der Waals surface area (Å²) in [6.07, 6.45) is -0.528. The lowest BCUT2D eigenvalue weighted by Crippen LogP contribution is -2.50. The Labute approximate surface area is 126 Å². The van der Waals surface area contributed by atoms with Crippen LogP contribution in [-0.4, -0.2) is 66.8 Å². The number of carbonyl (C=O) groups is 4. The first-order chi connectivity index (χ1) is 10.1. The van der Waals surface area contributed by atoms with Crippen molar-refractivity contribution in [3.8, 4) is 0 Å². The maximum atomic E-state index is 11.6. The Bertz CT molecular complexity index is 510. The Kier molecular flexibility index (Phi) is 8.70. The first kappa shape index (κ1) is 19.8. The molecule has 0 saturated heterocycles. The molecule has 0 heterocycles. The molecular formula is C10H17N3O8S. The fourth-order valence-electron chi connectivity index (χ4n) is 1.31. The molecular weight excluding hydrogens is 322 g/mol. The van der Waals surface area contributed by atoms with Crippen LogP contribution in [0.3, 0.4) is 0 Å². The smallest absolute Gasteiger partial charge is 0.322 e. The second-order valence-corrected chi connectivity index (χ2v) is 5.26. The number of thiol groups is 1. The Morgan fingerprint density at radius 2 is 1.73 bits per heavy atom. The highest BCUT2D eigenvalue weighted by molar-refractivity contribution is 7.72. The number of nitrogens with one attached hydrogen (secondary N) is 2. The predicted molar refractivity (Wildman–Crippen MR) is 72.6 cm³/mol. The third-order valence-electron chi connectivity index (χ3n) is 2.40. The van der Waals surface area contributed by atoms with Crippen LogP contribution in [0.5, 0.6) is 0 Å².